The summed E-state index contributed by atoms with van der Waals surface area (Å²) in [6.07, 6.45) is 6.35. The minimum absolute atomic E-state index is 0.489. The second kappa shape index (κ2) is 8.19. The quantitative estimate of drug-likeness (QED) is 0.606. The molecule has 21 heavy (non-hydrogen) atoms. The zero-order valence-corrected chi connectivity index (χ0v) is 13.8. The predicted molar refractivity (Wildman–Crippen MR) is 93.9 cm³/mol. The first-order chi connectivity index (χ1) is 10.3. The van der Waals surface area contributed by atoms with Crippen molar-refractivity contribution < 1.29 is 0 Å². The molecule has 0 bridgehead atoms. The number of hydrogen-bond donors (Lipinski definition) is 1. The molecule has 0 saturated carbocycles. The molecule has 2 aromatic carbocycles. The Kier molecular flexibility index (Phi) is 6.25. The Morgan fingerprint density at radius 3 is 2.52 bits per heavy atom. The normalized spacial score (nSPS) is 12.7. The van der Waals surface area contributed by atoms with Gasteiger partial charge in [-0.2, -0.15) is 0 Å². The van der Waals surface area contributed by atoms with E-state index in [0.717, 1.165) is 6.54 Å². The molecule has 1 unspecified atom stereocenters. The van der Waals surface area contributed by atoms with Crippen molar-refractivity contribution in [2.24, 2.45) is 0 Å². The molecule has 114 valence electrons. The summed E-state index contributed by atoms with van der Waals surface area (Å²) in [7, 11) is 0. The summed E-state index contributed by atoms with van der Waals surface area (Å²) in [6.45, 7) is 7.87. The second-order valence-corrected chi connectivity index (χ2v) is 6.02. The summed E-state index contributed by atoms with van der Waals surface area (Å²) in [4.78, 5) is 0. The maximum absolute atomic E-state index is 3.78. The van der Waals surface area contributed by atoms with Crippen molar-refractivity contribution in [3.8, 4) is 0 Å². The standard InChI is InChI=1S/C20H29N/c1-4-6-7-12-19(21-15-5-2)20-16(3)13-14-17-10-8-9-11-18(17)20/h8-11,13-14,19,21H,4-7,12,15H2,1-3H3. The van der Waals surface area contributed by atoms with Gasteiger partial charge in [-0.25, -0.2) is 0 Å². The molecule has 2 aromatic rings. The van der Waals surface area contributed by atoms with Gasteiger partial charge in [-0.15, -0.1) is 0 Å². The van der Waals surface area contributed by atoms with Gasteiger partial charge in [0.25, 0.3) is 0 Å². The first-order valence-corrected chi connectivity index (χ1v) is 8.49. The van der Waals surface area contributed by atoms with E-state index < -0.39 is 0 Å². The molecule has 1 nitrogen and oxygen atoms in total. The van der Waals surface area contributed by atoms with E-state index in [4.69, 9.17) is 0 Å². The van der Waals surface area contributed by atoms with Crippen molar-refractivity contribution in [2.45, 2.75) is 58.9 Å². The molecule has 0 aliphatic carbocycles. The number of benzene rings is 2. The lowest BCUT2D eigenvalue weighted by Crippen LogP contribution is -2.23. The van der Waals surface area contributed by atoms with E-state index in [1.165, 1.54) is 54.0 Å². The molecule has 0 fully saturated rings. The fourth-order valence-electron chi connectivity index (χ4n) is 3.13. The van der Waals surface area contributed by atoms with E-state index in [0.29, 0.717) is 6.04 Å². The minimum Gasteiger partial charge on any atom is -0.310 e. The number of unbranched alkanes of at least 4 members (excludes halogenated alkanes) is 2. The van der Waals surface area contributed by atoms with Gasteiger partial charge in [-0.05, 0) is 48.2 Å². The number of nitrogens with one attached hydrogen (secondary N) is 1. The topological polar surface area (TPSA) is 12.0 Å². The third-order valence-corrected chi connectivity index (χ3v) is 4.27. The van der Waals surface area contributed by atoms with E-state index in [-0.39, 0.29) is 0 Å². The highest BCUT2D eigenvalue weighted by Gasteiger charge is 2.15. The Hall–Kier alpha value is -1.34. The van der Waals surface area contributed by atoms with Crippen LogP contribution in [0.3, 0.4) is 0 Å². The molecular formula is C20H29N. The van der Waals surface area contributed by atoms with E-state index in [1.807, 2.05) is 0 Å². The van der Waals surface area contributed by atoms with Crippen LogP contribution in [0, 0.1) is 6.92 Å². The molecule has 0 radical (unpaired) electrons. The summed E-state index contributed by atoms with van der Waals surface area (Å²) >= 11 is 0. The average Bonchev–Trinajstić information content (AvgIpc) is 2.51. The second-order valence-electron chi connectivity index (χ2n) is 6.02. The Morgan fingerprint density at radius 1 is 0.952 bits per heavy atom. The summed E-state index contributed by atoms with van der Waals surface area (Å²) in [5, 5.41) is 6.55. The monoisotopic (exact) mass is 283 g/mol. The zero-order valence-electron chi connectivity index (χ0n) is 13.8. The largest absolute Gasteiger partial charge is 0.310 e. The Bertz CT molecular complexity index is 559. The van der Waals surface area contributed by atoms with Crippen LogP contribution in [0.15, 0.2) is 36.4 Å². The highest BCUT2D eigenvalue weighted by atomic mass is 14.9. The van der Waals surface area contributed by atoms with Crippen LogP contribution in [-0.2, 0) is 0 Å². The van der Waals surface area contributed by atoms with Gasteiger partial charge in [0.15, 0.2) is 0 Å². The maximum Gasteiger partial charge on any atom is 0.0329 e. The van der Waals surface area contributed by atoms with Crippen molar-refractivity contribution in [2.75, 3.05) is 6.54 Å². The summed E-state index contributed by atoms with van der Waals surface area (Å²) < 4.78 is 0. The van der Waals surface area contributed by atoms with Crippen LogP contribution < -0.4 is 5.32 Å². The zero-order chi connectivity index (χ0) is 15.1. The minimum atomic E-state index is 0.489. The van der Waals surface area contributed by atoms with Gasteiger partial charge < -0.3 is 5.32 Å². The van der Waals surface area contributed by atoms with Gasteiger partial charge in [-0.1, -0.05) is 69.5 Å². The molecule has 1 heteroatoms. The third-order valence-electron chi connectivity index (χ3n) is 4.27. The number of hydrogen-bond acceptors (Lipinski definition) is 1. The van der Waals surface area contributed by atoms with Gasteiger partial charge in [0.05, 0.1) is 0 Å². The van der Waals surface area contributed by atoms with Crippen molar-refractivity contribution in [3.63, 3.8) is 0 Å². The lowest BCUT2D eigenvalue weighted by Gasteiger charge is -2.23. The Labute approximate surface area is 129 Å². The van der Waals surface area contributed by atoms with Crippen molar-refractivity contribution >= 4 is 10.8 Å². The van der Waals surface area contributed by atoms with Gasteiger partial charge in [-0.3, -0.25) is 0 Å². The fraction of sp³-hybridized carbons (Fsp3) is 0.500. The van der Waals surface area contributed by atoms with E-state index in [9.17, 15) is 0 Å². The predicted octanol–water partition coefficient (Wildman–Crippen LogP) is 5.77. The smallest absolute Gasteiger partial charge is 0.0329 e. The first-order valence-electron chi connectivity index (χ1n) is 8.49. The van der Waals surface area contributed by atoms with Crippen LogP contribution in [-0.4, -0.2) is 6.54 Å². The first kappa shape index (κ1) is 16.0. The maximum atomic E-state index is 3.78. The number of aryl methyl sites for hydroxylation is 1. The molecule has 2 rings (SSSR count). The summed E-state index contributed by atoms with van der Waals surface area (Å²) in [5.41, 5.74) is 2.93. The van der Waals surface area contributed by atoms with E-state index in [1.54, 1.807) is 0 Å². The molecule has 0 amide bonds. The van der Waals surface area contributed by atoms with Gasteiger partial charge >= 0.3 is 0 Å². The number of rotatable bonds is 8. The molecule has 0 aromatic heterocycles. The number of fused-ring (bicyclic) bond motifs is 1. The molecule has 0 aliphatic rings. The van der Waals surface area contributed by atoms with Gasteiger partial charge in [0.1, 0.15) is 0 Å². The van der Waals surface area contributed by atoms with Gasteiger partial charge in [0, 0.05) is 6.04 Å². The van der Waals surface area contributed by atoms with Crippen molar-refractivity contribution in [1.29, 1.82) is 0 Å². The molecule has 0 saturated heterocycles. The lowest BCUT2D eigenvalue weighted by atomic mass is 9.91. The summed E-state index contributed by atoms with van der Waals surface area (Å²) in [5.74, 6) is 0. The van der Waals surface area contributed by atoms with Crippen molar-refractivity contribution in [1.82, 2.24) is 5.32 Å². The van der Waals surface area contributed by atoms with Crippen LogP contribution in [0.2, 0.25) is 0 Å². The van der Waals surface area contributed by atoms with Crippen LogP contribution in [0.5, 0.6) is 0 Å². The van der Waals surface area contributed by atoms with Crippen LogP contribution in [0.1, 0.15) is 63.1 Å². The highest BCUT2D eigenvalue weighted by Crippen LogP contribution is 2.30. The van der Waals surface area contributed by atoms with E-state index in [2.05, 4.69) is 62.5 Å². The Morgan fingerprint density at radius 2 is 1.76 bits per heavy atom. The van der Waals surface area contributed by atoms with Crippen molar-refractivity contribution in [3.05, 3.63) is 47.5 Å². The summed E-state index contributed by atoms with van der Waals surface area (Å²) in [6, 6.07) is 13.8. The highest BCUT2D eigenvalue weighted by molar-refractivity contribution is 5.87. The SMILES string of the molecule is CCCCCC(NCCC)c1c(C)ccc2ccccc12. The van der Waals surface area contributed by atoms with Crippen LogP contribution in [0.4, 0.5) is 0 Å². The van der Waals surface area contributed by atoms with Crippen LogP contribution >= 0.6 is 0 Å². The Balaban J connectivity index is 2.35. The molecule has 0 spiro atoms. The lowest BCUT2D eigenvalue weighted by molar-refractivity contribution is 0.475. The van der Waals surface area contributed by atoms with Gasteiger partial charge in [0.2, 0.25) is 0 Å². The molecular weight excluding hydrogens is 254 g/mol. The van der Waals surface area contributed by atoms with Crippen LogP contribution in [0.25, 0.3) is 10.8 Å². The fourth-order valence-corrected chi connectivity index (χ4v) is 3.13. The van der Waals surface area contributed by atoms with E-state index >= 15 is 0 Å². The molecule has 1 N–H and O–H groups in total. The third kappa shape index (κ3) is 4.07. The molecule has 1 atom stereocenters. The molecule has 0 heterocycles. The average molecular weight is 283 g/mol. The molecule has 0 aliphatic heterocycles.